The Balaban J connectivity index is 2.06. The van der Waals surface area contributed by atoms with Gasteiger partial charge in [-0.15, -0.1) is 0 Å². The number of fused-ring (bicyclic) bond motifs is 1. The van der Waals surface area contributed by atoms with E-state index in [0.29, 0.717) is 4.47 Å². The number of nitrogens with zero attached hydrogens (tertiary/aromatic N) is 1. The third-order valence-electron chi connectivity index (χ3n) is 4.23. The van der Waals surface area contributed by atoms with Crippen LogP contribution in [0.4, 0.5) is 4.39 Å². The van der Waals surface area contributed by atoms with Gasteiger partial charge in [-0.1, -0.05) is 13.3 Å². The number of piperidine rings is 1. The molecule has 2 heterocycles. The van der Waals surface area contributed by atoms with Gasteiger partial charge in [0.15, 0.2) is 0 Å². The van der Waals surface area contributed by atoms with Crippen LogP contribution in [0.5, 0.6) is 0 Å². The summed E-state index contributed by atoms with van der Waals surface area (Å²) in [5, 5.41) is 3.48. The highest BCUT2D eigenvalue weighted by Crippen LogP contribution is 2.35. The lowest BCUT2D eigenvalue weighted by atomic mass is 9.76. The SMILES string of the molecule is CCCC1(c2nc3cc(Br)c(F)cc3[nH]2)CCCNC1. The maximum Gasteiger partial charge on any atom is 0.139 e. The van der Waals surface area contributed by atoms with E-state index < -0.39 is 0 Å². The first kappa shape index (κ1) is 14.0. The molecule has 0 aliphatic carbocycles. The third-order valence-corrected chi connectivity index (χ3v) is 4.83. The molecule has 1 aliphatic heterocycles. The molecule has 20 heavy (non-hydrogen) atoms. The number of hydrogen-bond acceptors (Lipinski definition) is 2. The smallest absolute Gasteiger partial charge is 0.139 e. The minimum atomic E-state index is -0.251. The Labute approximate surface area is 126 Å². The zero-order valence-electron chi connectivity index (χ0n) is 11.6. The van der Waals surface area contributed by atoms with E-state index in [2.05, 4.69) is 33.2 Å². The molecule has 0 bridgehead atoms. The van der Waals surface area contributed by atoms with E-state index in [1.165, 1.54) is 6.07 Å². The van der Waals surface area contributed by atoms with Crippen LogP contribution in [0, 0.1) is 5.82 Å². The Morgan fingerprint density at radius 1 is 1.45 bits per heavy atom. The molecule has 5 heteroatoms. The van der Waals surface area contributed by atoms with Crippen LogP contribution in [0.1, 0.15) is 38.4 Å². The van der Waals surface area contributed by atoms with Crippen molar-refractivity contribution in [2.75, 3.05) is 13.1 Å². The fourth-order valence-electron chi connectivity index (χ4n) is 3.24. The number of aromatic amines is 1. The molecule has 2 aromatic rings. The van der Waals surface area contributed by atoms with Crippen LogP contribution in [-0.4, -0.2) is 23.1 Å². The number of benzene rings is 1. The Morgan fingerprint density at radius 2 is 2.30 bits per heavy atom. The molecule has 108 valence electrons. The van der Waals surface area contributed by atoms with E-state index in [1.54, 1.807) is 6.07 Å². The highest BCUT2D eigenvalue weighted by atomic mass is 79.9. The van der Waals surface area contributed by atoms with Crippen molar-refractivity contribution in [2.24, 2.45) is 0 Å². The maximum absolute atomic E-state index is 13.6. The fraction of sp³-hybridized carbons (Fsp3) is 0.533. The second kappa shape index (κ2) is 5.45. The summed E-state index contributed by atoms with van der Waals surface area (Å²) in [4.78, 5) is 8.08. The van der Waals surface area contributed by atoms with Gasteiger partial charge in [-0.25, -0.2) is 9.37 Å². The van der Waals surface area contributed by atoms with Crippen molar-refractivity contribution in [1.82, 2.24) is 15.3 Å². The Bertz CT molecular complexity index is 572. The normalized spacial score (nSPS) is 23.4. The van der Waals surface area contributed by atoms with Crippen LogP contribution < -0.4 is 5.32 Å². The lowest BCUT2D eigenvalue weighted by Crippen LogP contribution is -2.44. The minimum Gasteiger partial charge on any atom is -0.341 e. The van der Waals surface area contributed by atoms with E-state index in [-0.39, 0.29) is 11.2 Å². The van der Waals surface area contributed by atoms with E-state index in [1.807, 2.05) is 0 Å². The third kappa shape index (κ3) is 2.37. The molecule has 1 atom stereocenters. The van der Waals surface area contributed by atoms with Gasteiger partial charge < -0.3 is 10.3 Å². The molecule has 1 saturated heterocycles. The van der Waals surface area contributed by atoms with Gasteiger partial charge in [0.25, 0.3) is 0 Å². The summed E-state index contributed by atoms with van der Waals surface area (Å²) in [5.41, 5.74) is 1.67. The summed E-state index contributed by atoms with van der Waals surface area (Å²) in [5.74, 6) is 0.748. The minimum absolute atomic E-state index is 0.0645. The molecule has 1 fully saturated rings. The van der Waals surface area contributed by atoms with Crippen LogP contribution in [0.25, 0.3) is 11.0 Å². The molecule has 0 radical (unpaired) electrons. The number of hydrogen-bond donors (Lipinski definition) is 2. The van der Waals surface area contributed by atoms with Crippen LogP contribution in [0.3, 0.4) is 0 Å². The summed E-state index contributed by atoms with van der Waals surface area (Å²) < 4.78 is 14.1. The standard InChI is InChI=1S/C15H19BrFN3/c1-2-4-15(5-3-6-18-9-15)14-19-12-7-10(16)11(17)8-13(12)20-14/h7-8,18H,2-6,9H2,1H3,(H,19,20). The van der Waals surface area contributed by atoms with Crippen molar-refractivity contribution in [2.45, 2.75) is 38.0 Å². The van der Waals surface area contributed by atoms with Gasteiger partial charge in [0, 0.05) is 18.0 Å². The van der Waals surface area contributed by atoms with Crippen molar-refractivity contribution in [3.63, 3.8) is 0 Å². The van der Waals surface area contributed by atoms with Gasteiger partial charge in [-0.2, -0.15) is 0 Å². The maximum atomic E-state index is 13.6. The monoisotopic (exact) mass is 339 g/mol. The molecular formula is C15H19BrFN3. The van der Waals surface area contributed by atoms with Gasteiger partial charge in [0.1, 0.15) is 11.6 Å². The van der Waals surface area contributed by atoms with E-state index >= 15 is 0 Å². The summed E-state index contributed by atoms with van der Waals surface area (Å²) in [7, 11) is 0. The zero-order valence-corrected chi connectivity index (χ0v) is 13.2. The number of H-pyrrole nitrogens is 1. The molecule has 3 rings (SSSR count). The first-order valence-electron chi connectivity index (χ1n) is 7.20. The van der Waals surface area contributed by atoms with Gasteiger partial charge in [0.05, 0.1) is 15.5 Å². The van der Waals surface area contributed by atoms with Crippen molar-refractivity contribution >= 4 is 27.0 Å². The number of rotatable bonds is 3. The van der Waals surface area contributed by atoms with E-state index in [0.717, 1.165) is 55.6 Å². The molecule has 0 saturated carbocycles. The zero-order chi connectivity index (χ0) is 14.2. The molecule has 1 aromatic carbocycles. The molecule has 0 spiro atoms. The van der Waals surface area contributed by atoms with Gasteiger partial charge in [0.2, 0.25) is 0 Å². The quantitative estimate of drug-likeness (QED) is 0.890. The summed E-state index contributed by atoms with van der Waals surface area (Å²) in [6.07, 6.45) is 4.52. The highest BCUT2D eigenvalue weighted by molar-refractivity contribution is 9.10. The summed E-state index contributed by atoms with van der Waals surface area (Å²) in [6, 6.07) is 3.27. The highest BCUT2D eigenvalue weighted by Gasteiger charge is 2.36. The van der Waals surface area contributed by atoms with Crippen LogP contribution in [0.15, 0.2) is 16.6 Å². The number of nitrogens with one attached hydrogen (secondary N) is 2. The molecule has 2 N–H and O–H groups in total. The number of halogens is 2. The molecular weight excluding hydrogens is 321 g/mol. The summed E-state index contributed by atoms with van der Waals surface area (Å²) >= 11 is 3.22. The van der Waals surface area contributed by atoms with E-state index in [4.69, 9.17) is 4.98 Å². The first-order valence-corrected chi connectivity index (χ1v) is 8.00. The lowest BCUT2D eigenvalue weighted by Gasteiger charge is -2.36. The Hall–Kier alpha value is -0.940. The summed E-state index contributed by atoms with van der Waals surface area (Å²) in [6.45, 7) is 4.23. The predicted molar refractivity (Wildman–Crippen MR) is 82.4 cm³/mol. The van der Waals surface area contributed by atoms with Crippen molar-refractivity contribution in [3.8, 4) is 0 Å². The average molecular weight is 340 g/mol. The second-order valence-corrected chi connectivity index (χ2v) is 6.53. The second-order valence-electron chi connectivity index (χ2n) is 5.68. The Morgan fingerprint density at radius 3 is 3.00 bits per heavy atom. The first-order chi connectivity index (χ1) is 9.64. The van der Waals surface area contributed by atoms with Gasteiger partial charge in [-0.05, 0) is 47.8 Å². The molecule has 1 aliphatic rings. The number of aromatic nitrogens is 2. The average Bonchev–Trinajstić information content (AvgIpc) is 2.84. The topological polar surface area (TPSA) is 40.7 Å². The van der Waals surface area contributed by atoms with Crippen molar-refractivity contribution in [3.05, 3.63) is 28.2 Å². The van der Waals surface area contributed by atoms with Crippen LogP contribution in [-0.2, 0) is 5.41 Å². The molecule has 1 aromatic heterocycles. The van der Waals surface area contributed by atoms with E-state index in [9.17, 15) is 4.39 Å². The molecule has 3 nitrogen and oxygen atoms in total. The van der Waals surface area contributed by atoms with Crippen LogP contribution >= 0.6 is 15.9 Å². The predicted octanol–water partition coefficient (Wildman–Crippen LogP) is 3.89. The lowest BCUT2D eigenvalue weighted by molar-refractivity contribution is 0.278. The van der Waals surface area contributed by atoms with Gasteiger partial charge in [-0.3, -0.25) is 0 Å². The largest absolute Gasteiger partial charge is 0.341 e. The Kier molecular flexibility index (Phi) is 3.82. The number of imidazole rings is 1. The molecule has 0 amide bonds. The van der Waals surface area contributed by atoms with Gasteiger partial charge >= 0.3 is 0 Å². The van der Waals surface area contributed by atoms with Crippen molar-refractivity contribution in [1.29, 1.82) is 0 Å². The van der Waals surface area contributed by atoms with Crippen molar-refractivity contribution < 1.29 is 4.39 Å². The van der Waals surface area contributed by atoms with Crippen LogP contribution in [0.2, 0.25) is 0 Å². The fourth-order valence-corrected chi connectivity index (χ4v) is 3.57. The molecule has 1 unspecified atom stereocenters.